The average molecular weight is 205 g/mol. The minimum atomic E-state index is 0.868. The predicted octanol–water partition coefficient (Wildman–Crippen LogP) is 2.20. The lowest BCUT2D eigenvalue weighted by molar-refractivity contribution is 0.419. The van der Waals surface area contributed by atoms with Gasteiger partial charge >= 0.3 is 0 Å². The van der Waals surface area contributed by atoms with Crippen LogP contribution in [0.15, 0.2) is 28.7 Å². The van der Waals surface area contributed by atoms with Gasteiger partial charge in [-0.25, -0.2) is 0 Å². The zero-order valence-electron chi connectivity index (χ0n) is 9.04. The molecule has 0 amide bonds. The van der Waals surface area contributed by atoms with Crippen LogP contribution in [-0.4, -0.2) is 20.7 Å². The molecule has 0 aliphatic heterocycles. The highest BCUT2D eigenvalue weighted by atomic mass is 16.5. The first-order valence-electron chi connectivity index (χ1n) is 5.05. The van der Waals surface area contributed by atoms with Gasteiger partial charge in [-0.1, -0.05) is 6.07 Å². The summed E-state index contributed by atoms with van der Waals surface area (Å²) in [5.74, 6) is 1.86. The van der Waals surface area contributed by atoms with Gasteiger partial charge in [-0.3, -0.25) is 0 Å². The molecule has 15 heavy (non-hydrogen) atoms. The zero-order chi connectivity index (χ0) is 10.7. The molecule has 2 rings (SSSR count). The molecule has 2 aromatic rings. The van der Waals surface area contributed by atoms with Crippen molar-refractivity contribution in [3.05, 3.63) is 30.0 Å². The highest BCUT2D eigenvalue weighted by molar-refractivity contribution is 5.84. The lowest BCUT2D eigenvalue weighted by Crippen LogP contribution is -2.09. The van der Waals surface area contributed by atoms with Gasteiger partial charge in [-0.05, 0) is 25.2 Å². The molecule has 0 radical (unpaired) electrons. The summed E-state index contributed by atoms with van der Waals surface area (Å²) in [6.45, 7) is 0.919. The largest absolute Gasteiger partial charge is 0.496 e. The molecule has 0 fully saturated rings. The van der Waals surface area contributed by atoms with Crippen LogP contribution in [-0.2, 0) is 6.42 Å². The number of likely N-dealkylation sites (N-methyl/N-ethyl adjacent to an activating group) is 1. The quantitative estimate of drug-likeness (QED) is 0.831. The van der Waals surface area contributed by atoms with E-state index < -0.39 is 0 Å². The minimum absolute atomic E-state index is 0.868. The smallest absolute Gasteiger partial charge is 0.138 e. The number of benzene rings is 1. The van der Waals surface area contributed by atoms with E-state index in [9.17, 15) is 0 Å². The third-order valence-corrected chi connectivity index (χ3v) is 2.41. The number of furan rings is 1. The van der Waals surface area contributed by atoms with Crippen molar-refractivity contribution in [2.24, 2.45) is 0 Å². The molecule has 1 N–H and O–H groups in total. The van der Waals surface area contributed by atoms with E-state index in [-0.39, 0.29) is 0 Å². The van der Waals surface area contributed by atoms with Crippen LogP contribution in [0.1, 0.15) is 5.76 Å². The second-order valence-electron chi connectivity index (χ2n) is 3.44. The molecule has 1 heterocycles. The van der Waals surface area contributed by atoms with E-state index in [4.69, 9.17) is 9.15 Å². The van der Waals surface area contributed by atoms with Crippen LogP contribution in [0, 0.1) is 0 Å². The number of nitrogens with one attached hydrogen (secondary N) is 1. The van der Waals surface area contributed by atoms with Crippen LogP contribution in [0.25, 0.3) is 11.0 Å². The van der Waals surface area contributed by atoms with Gasteiger partial charge in [0.1, 0.15) is 17.1 Å². The van der Waals surface area contributed by atoms with Crippen molar-refractivity contribution in [3.63, 3.8) is 0 Å². The van der Waals surface area contributed by atoms with E-state index in [0.29, 0.717) is 0 Å². The molecule has 0 saturated carbocycles. The van der Waals surface area contributed by atoms with Gasteiger partial charge in [0.05, 0.1) is 12.5 Å². The standard InChI is InChI=1S/C12H15NO2/c1-13-7-6-9-8-10-11(14-2)4-3-5-12(10)15-9/h3-5,8,13H,6-7H2,1-2H3. The van der Waals surface area contributed by atoms with Crippen LogP contribution in [0.5, 0.6) is 5.75 Å². The fourth-order valence-electron chi connectivity index (χ4n) is 1.64. The summed E-state index contributed by atoms with van der Waals surface area (Å²) in [5.41, 5.74) is 0.889. The Labute approximate surface area is 89.0 Å². The molecule has 3 nitrogen and oxygen atoms in total. The molecule has 1 aromatic heterocycles. The maximum absolute atomic E-state index is 5.69. The number of methoxy groups -OCH3 is 1. The zero-order valence-corrected chi connectivity index (χ0v) is 9.04. The molecular formula is C12H15NO2. The van der Waals surface area contributed by atoms with Crippen molar-refractivity contribution < 1.29 is 9.15 Å². The Hall–Kier alpha value is -1.48. The Morgan fingerprint density at radius 1 is 1.40 bits per heavy atom. The van der Waals surface area contributed by atoms with Gasteiger partial charge in [0.2, 0.25) is 0 Å². The highest BCUT2D eigenvalue weighted by Crippen LogP contribution is 2.28. The third-order valence-electron chi connectivity index (χ3n) is 2.41. The average Bonchev–Trinajstić information content (AvgIpc) is 2.68. The summed E-state index contributed by atoms with van der Waals surface area (Å²) in [6, 6.07) is 7.89. The van der Waals surface area contributed by atoms with E-state index in [1.54, 1.807) is 7.11 Å². The third kappa shape index (κ3) is 1.97. The number of hydrogen-bond donors (Lipinski definition) is 1. The summed E-state index contributed by atoms with van der Waals surface area (Å²) < 4.78 is 11.0. The second kappa shape index (κ2) is 4.36. The van der Waals surface area contributed by atoms with E-state index in [1.165, 1.54) is 0 Å². The van der Waals surface area contributed by atoms with Crippen LogP contribution in [0.3, 0.4) is 0 Å². The fraction of sp³-hybridized carbons (Fsp3) is 0.333. The van der Waals surface area contributed by atoms with Crippen molar-refractivity contribution in [1.29, 1.82) is 0 Å². The normalized spacial score (nSPS) is 10.8. The Morgan fingerprint density at radius 3 is 3.00 bits per heavy atom. The van der Waals surface area contributed by atoms with E-state index >= 15 is 0 Å². The Balaban J connectivity index is 2.37. The molecule has 0 aliphatic carbocycles. The van der Waals surface area contributed by atoms with Gasteiger partial charge in [0.15, 0.2) is 0 Å². The summed E-state index contributed by atoms with van der Waals surface area (Å²) in [7, 11) is 3.61. The topological polar surface area (TPSA) is 34.4 Å². The van der Waals surface area contributed by atoms with Crippen LogP contribution in [0.2, 0.25) is 0 Å². The number of fused-ring (bicyclic) bond motifs is 1. The molecule has 0 unspecified atom stereocenters. The van der Waals surface area contributed by atoms with Crippen molar-refractivity contribution in [2.45, 2.75) is 6.42 Å². The first kappa shape index (κ1) is 10.1. The number of rotatable bonds is 4. The number of hydrogen-bond acceptors (Lipinski definition) is 3. The van der Waals surface area contributed by atoms with Gasteiger partial charge in [-0.2, -0.15) is 0 Å². The molecule has 0 atom stereocenters. The summed E-state index contributed by atoms with van der Waals surface area (Å²) in [5, 5.41) is 4.15. The predicted molar refractivity (Wildman–Crippen MR) is 60.4 cm³/mol. The van der Waals surface area contributed by atoms with E-state index in [1.807, 2.05) is 31.3 Å². The lowest BCUT2D eigenvalue weighted by Gasteiger charge is -1.98. The van der Waals surface area contributed by atoms with Crippen LogP contribution >= 0.6 is 0 Å². The van der Waals surface area contributed by atoms with Crippen molar-refractivity contribution >= 4 is 11.0 Å². The van der Waals surface area contributed by atoms with Crippen LogP contribution < -0.4 is 10.1 Å². The fourth-order valence-corrected chi connectivity index (χ4v) is 1.64. The van der Waals surface area contributed by atoms with Crippen molar-refractivity contribution in [2.75, 3.05) is 20.7 Å². The van der Waals surface area contributed by atoms with Crippen molar-refractivity contribution in [1.82, 2.24) is 5.32 Å². The monoisotopic (exact) mass is 205 g/mol. The summed E-state index contributed by atoms with van der Waals surface area (Å²) in [4.78, 5) is 0. The maximum Gasteiger partial charge on any atom is 0.138 e. The van der Waals surface area contributed by atoms with Gasteiger partial charge in [0, 0.05) is 13.0 Å². The van der Waals surface area contributed by atoms with Gasteiger partial charge in [0.25, 0.3) is 0 Å². The number of ether oxygens (including phenoxy) is 1. The molecule has 80 valence electrons. The molecule has 0 bridgehead atoms. The van der Waals surface area contributed by atoms with Gasteiger partial charge in [-0.15, -0.1) is 0 Å². The first-order valence-corrected chi connectivity index (χ1v) is 5.05. The molecule has 3 heteroatoms. The first-order chi connectivity index (χ1) is 7.35. The Kier molecular flexibility index (Phi) is 2.92. The maximum atomic E-state index is 5.69. The second-order valence-corrected chi connectivity index (χ2v) is 3.44. The highest BCUT2D eigenvalue weighted by Gasteiger charge is 2.07. The van der Waals surface area contributed by atoms with E-state index in [2.05, 4.69) is 5.32 Å². The van der Waals surface area contributed by atoms with E-state index in [0.717, 1.165) is 35.4 Å². The van der Waals surface area contributed by atoms with Crippen molar-refractivity contribution in [3.8, 4) is 5.75 Å². The molecule has 0 spiro atoms. The Bertz CT molecular complexity index is 448. The van der Waals surface area contributed by atoms with Gasteiger partial charge < -0.3 is 14.5 Å². The summed E-state index contributed by atoms with van der Waals surface area (Å²) in [6.07, 6.45) is 0.897. The molecule has 0 aliphatic rings. The lowest BCUT2D eigenvalue weighted by atomic mass is 10.2. The summed E-state index contributed by atoms with van der Waals surface area (Å²) >= 11 is 0. The molecule has 0 saturated heterocycles. The minimum Gasteiger partial charge on any atom is -0.496 e. The molecular weight excluding hydrogens is 190 g/mol. The van der Waals surface area contributed by atoms with Crippen LogP contribution in [0.4, 0.5) is 0 Å². The SMILES string of the molecule is CNCCc1cc2c(OC)cccc2o1. The Morgan fingerprint density at radius 2 is 2.27 bits per heavy atom. The molecule has 1 aromatic carbocycles.